The standard InChI is InChI=1S/C30H44N4O8/c1-4-6-10-32(11-7-5-2)26(37)17-33-16-22(20-14-21(18-35)28-24(15-20)41-19-42-28)27(29(38)39)23(33)8-13-34-25(36)9-12-31(3)30(34)40/h14-15,22-23,27,35H,4-13,16-19H2,1-3H3,(H,38,39)/t22-,23+,27-/m1/s1. The Kier molecular flexibility index (Phi) is 10.7. The Hall–Kier alpha value is -3.38. The van der Waals surface area contributed by atoms with Crippen molar-refractivity contribution < 1.29 is 38.9 Å². The summed E-state index contributed by atoms with van der Waals surface area (Å²) in [7, 11) is 1.64. The number of nitrogens with zero attached hydrogens (tertiary/aromatic N) is 4. The van der Waals surface area contributed by atoms with Crippen molar-refractivity contribution in [1.82, 2.24) is 19.6 Å². The lowest BCUT2D eigenvalue weighted by molar-refractivity contribution is -0.144. The highest BCUT2D eigenvalue weighted by molar-refractivity contribution is 5.96. The molecule has 0 bridgehead atoms. The van der Waals surface area contributed by atoms with E-state index >= 15 is 0 Å². The molecule has 0 saturated carbocycles. The number of carboxylic acid groups (broad SMARTS) is 1. The summed E-state index contributed by atoms with van der Waals surface area (Å²) in [5.41, 5.74) is 1.18. The molecule has 3 heterocycles. The van der Waals surface area contributed by atoms with E-state index in [4.69, 9.17) is 9.47 Å². The third-order valence-corrected chi connectivity index (χ3v) is 8.63. The molecule has 0 unspecified atom stereocenters. The normalized spacial score (nSPS) is 22.2. The number of aliphatic hydroxyl groups is 1. The van der Waals surface area contributed by atoms with E-state index in [-0.39, 0.29) is 57.7 Å². The number of urea groups is 1. The number of aliphatic carboxylic acids is 1. The molecule has 12 nitrogen and oxygen atoms in total. The number of ether oxygens (including phenoxy) is 2. The predicted molar refractivity (Wildman–Crippen MR) is 153 cm³/mol. The van der Waals surface area contributed by atoms with Crippen LogP contribution in [0.1, 0.15) is 69.4 Å². The molecule has 0 aromatic heterocycles. The zero-order valence-electron chi connectivity index (χ0n) is 24.9. The van der Waals surface area contributed by atoms with Gasteiger partial charge in [0.25, 0.3) is 0 Å². The molecule has 2 fully saturated rings. The number of fused-ring (bicyclic) bond motifs is 1. The van der Waals surface area contributed by atoms with Crippen LogP contribution in [0.2, 0.25) is 0 Å². The minimum absolute atomic E-state index is 0.0136. The van der Waals surface area contributed by atoms with Crippen LogP contribution in [0.15, 0.2) is 12.1 Å². The zero-order valence-corrected chi connectivity index (χ0v) is 24.9. The Balaban J connectivity index is 1.64. The van der Waals surface area contributed by atoms with Crippen LogP contribution in [0.3, 0.4) is 0 Å². The Morgan fingerprint density at radius 3 is 2.45 bits per heavy atom. The van der Waals surface area contributed by atoms with Gasteiger partial charge in [0.2, 0.25) is 18.6 Å². The molecule has 1 aromatic rings. The van der Waals surface area contributed by atoms with E-state index in [1.165, 1.54) is 9.80 Å². The van der Waals surface area contributed by atoms with E-state index < -0.39 is 29.9 Å². The van der Waals surface area contributed by atoms with E-state index in [1.807, 2.05) is 9.80 Å². The number of benzene rings is 1. The van der Waals surface area contributed by atoms with Gasteiger partial charge >= 0.3 is 12.0 Å². The van der Waals surface area contributed by atoms with Gasteiger partial charge in [0, 0.05) is 63.7 Å². The van der Waals surface area contributed by atoms with Gasteiger partial charge in [-0.25, -0.2) is 4.79 Å². The van der Waals surface area contributed by atoms with Crippen LogP contribution >= 0.6 is 0 Å². The molecule has 0 spiro atoms. The van der Waals surface area contributed by atoms with Gasteiger partial charge in [0.05, 0.1) is 19.1 Å². The van der Waals surface area contributed by atoms with Crippen LogP contribution in [0, 0.1) is 5.92 Å². The number of carbonyl (C=O) groups excluding carboxylic acids is 3. The monoisotopic (exact) mass is 588 g/mol. The van der Waals surface area contributed by atoms with Crippen LogP contribution in [0.4, 0.5) is 4.79 Å². The van der Waals surface area contributed by atoms with E-state index in [1.54, 1.807) is 19.2 Å². The van der Waals surface area contributed by atoms with Crippen molar-refractivity contribution in [1.29, 1.82) is 0 Å². The predicted octanol–water partition coefficient (Wildman–Crippen LogP) is 2.48. The van der Waals surface area contributed by atoms with Crippen molar-refractivity contribution in [2.75, 3.05) is 53.1 Å². The Morgan fingerprint density at radius 2 is 1.81 bits per heavy atom. The van der Waals surface area contributed by atoms with E-state index in [0.717, 1.165) is 25.7 Å². The largest absolute Gasteiger partial charge is 0.481 e. The maximum absolute atomic E-state index is 13.6. The van der Waals surface area contributed by atoms with Crippen molar-refractivity contribution in [2.45, 2.75) is 70.9 Å². The summed E-state index contributed by atoms with van der Waals surface area (Å²) in [6.45, 7) is 5.89. The van der Waals surface area contributed by atoms with Crippen molar-refractivity contribution in [3.63, 3.8) is 0 Å². The molecule has 3 aliphatic rings. The minimum atomic E-state index is -1.02. The summed E-state index contributed by atoms with van der Waals surface area (Å²) < 4.78 is 11.1. The Morgan fingerprint density at radius 1 is 1.10 bits per heavy atom. The van der Waals surface area contributed by atoms with Crippen molar-refractivity contribution in [3.8, 4) is 11.5 Å². The fourth-order valence-corrected chi connectivity index (χ4v) is 6.25. The summed E-state index contributed by atoms with van der Waals surface area (Å²) in [5.74, 6) is -1.90. The first-order valence-corrected chi connectivity index (χ1v) is 15.0. The van der Waals surface area contributed by atoms with Gasteiger partial charge in [-0.2, -0.15) is 0 Å². The molecule has 42 heavy (non-hydrogen) atoms. The van der Waals surface area contributed by atoms with Crippen LogP contribution in [-0.4, -0.2) is 113 Å². The van der Waals surface area contributed by atoms with Gasteiger partial charge in [-0.15, -0.1) is 0 Å². The van der Waals surface area contributed by atoms with Gasteiger partial charge < -0.3 is 29.5 Å². The topological polar surface area (TPSA) is 140 Å². The minimum Gasteiger partial charge on any atom is -0.481 e. The maximum atomic E-state index is 13.6. The Labute approximate surface area is 247 Å². The average Bonchev–Trinajstić information content (AvgIpc) is 3.59. The van der Waals surface area contributed by atoms with Crippen molar-refractivity contribution >= 4 is 23.8 Å². The van der Waals surface area contributed by atoms with Gasteiger partial charge in [0.1, 0.15) is 0 Å². The molecule has 2 saturated heterocycles. The molecule has 3 aliphatic heterocycles. The quantitative estimate of drug-likeness (QED) is 0.335. The highest BCUT2D eigenvalue weighted by atomic mass is 16.7. The molecule has 3 atom stereocenters. The fourth-order valence-electron chi connectivity index (χ4n) is 6.25. The van der Waals surface area contributed by atoms with Gasteiger partial charge in [-0.05, 0) is 37.0 Å². The van der Waals surface area contributed by atoms with Gasteiger partial charge in [0.15, 0.2) is 11.5 Å². The first-order valence-electron chi connectivity index (χ1n) is 15.0. The second-order valence-corrected chi connectivity index (χ2v) is 11.4. The number of amides is 4. The number of hydrogen-bond acceptors (Lipinski definition) is 8. The van der Waals surface area contributed by atoms with E-state index in [9.17, 15) is 29.4 Å². The molecule has 4 amide bonds. The summed E-state index contributed by atoms with van der Waals surface area (Å²) in [4.78, 5) is 58.3. The van der Waals surface area contributed by atoms with Crippen LogP contribution < -0.4 is 9.47 Å². The first-order chi connectivity index (χ1) is 20.2. The highest BCUT2D eigenvalue weighted by Gasteiger charge is 2.48. The molecule has 232 valence electrons. The molecule has 0 aliphatic carbocycles. The van der Waals surface area contributed by atoms with Crippen molar-refractivity contribution in [2.24, 2.45) is 5.92 Å². The number of unbranched alkanes of at least 4 members (excludes halogenated alkanes) is 2. The molecule has 2 N–H and O–H groups in total. The summed E-state index contributed by atoms with van der Waals surface area (Å²) in [5, 5.41) is 20.5. The van der Waals surface area contributed by atoms with Gasteiger partial charge in [-0.1, -0.05) is 26.7 Å². The lowest BCUT2D eigenvalue weighted by Crippen LogP contribution is -2.52. The number of rotatable bonds is 14. The zero-order chi connectivity index (χ0) is 30.4. The van der Waals surface area contributed by atoms with E-state index in [2.05, 4.69) is 13.8 Å². The Bertz CT molecular complexity index is 1150. The second-order valence-electron chi connectivity index (χ2n) is 11.4. The molecule has 12 heteroatoms. The summed E-state index contributed by atoms with van der Waals surface area (Å²) in [6, 6.07) is 2.50. The van der Waals surface area contributed by atoms with Crippen LogP contribution in [0.5, 0.6) is 11.5 Å². The SMILES string of the molecule is CCCCN(CCCC)C(=O)CN1C[C@H](c2cc(CO)c3c(c2)OCO3)[C@@H](C(=O)O)[C@@H]1CCN1C(=O)CCN(C)C1=O. The summed E-state index contributed by atoms with van der Waals surface area (Å²) in [6.07, 6.45) is 4.10. The fraction of sp³-hybridized carbons (Fsp3) is 0.667. The number of imide groups is 1. The smallest absolute Gasteiger partial charge is 0.326 e. The number of aliphatic hydroxyl groups excluding tert-OH is 1. The van der Waals surface area contributed by atoms with Crippen LogP contribution in [-0.2, 0) is 21.0 Å². The molecular formula is C30H44N4O8. The number of carbonyl (C=O) groups is 4. The second kappa shape index (κ2) is 14.2. The number of likely N-dealkylation sites (tertiary alicyclic amines) is 1. The van der Waals surface area contributed by atoms with Crippen LogP contribution in [0.25, 0.3) is 0 Å². The van der Waals surface area contributed by atoms with Gasteiger partial charge in [-0.3, -0.25) is 24.2 Å². The maximum Gasteiger partial charge on any atom is 0.326 e. The molecular weight excluding hydrogens is 544 g/mol. The lowest BCUT2D eigenvalue weighted by atomic mass is 9.83. The van der Waals surface area contributed by atoms with E-state index in [0.29, 0.717) is 42.3 Å². The first kappa shape index (κ1) is 31.6. The number of carboxylic acids is 1. The lowest BCUT2D eigenvalue weighted by Gasteiger charge is -2.34. The average molecular weight is 589 g/mol. The molecule has 0 radical (unpaired) electrons. The third kappa shape index (κ3) is 6.81. The highest BCUT2D eigenvalue weighted by Crippen LogP contribution is 2.44. The summed E-state index contributed by atoms with van der Waals surface area (Å²) >= 11 is 0. The molecule has 4 rings (SSSR count). The number of hydrogen-bond donors (Lipinski definition) is 2. The van der Waals surface area contributed by atoms with Crippen molar-refractivity contribution in [3.05, 3.63) is 23.3 Å². The third-order valence-electron chi connectivity index (χ3n) is 8.63. The molecule has 1 aromatic carbocycles.